The van der Waals surface area contributed by atoms with Gasteiger partial charge in [-0.05, 0) is 36.2 Å². The Morgan fingerprint density at radius 1 is 1.22 bits per heavy atom. The molecule has 2 aromatic rings. The van der Waals surface area contributed by atoms with Gasteiger partial charge in [0.15, 0.2) is 11.5 Å². The third-order valence-electron chi connectivity index (χ3n) is 3.00. The summed E-state index contributed by atoms with van der Waals surface area (Å²) in [4.78, 5) is 4.13. The van der Waals surface area contributed by atoms with Gasteiger partial charge in [0.25, 0.3) is 0 Å². The first-order valence-electron chi connectivity index (χ1n) is 5.86. The summed E-state index contributed by atoms with van der Waals surface area (Å²) in [5.41, 5.74) is 3.44. The van der Waals surface area contributed by atoms with Crippen molar-refractivity contribution < 1.29 is 9.47 Å². The van der Waals surface area contributed by atoms with Crippen molar-refractivity contribution in [2.45, 2.75) is 13.5 Å². The van der Waals surface area contributed by atoms with E-state index in [1.165, 1.54) is 11.1 Å². The number of ether oxygens (including phenoxy) is 2. The summed E-state index contributed by atoms with van der Waals surface area (Å²) in [6, 6.07) is 7.87. The van der Waals surface area contributed by atoms with Crippen molar-refractivity contribution >= 4 is 5.69 Å². The minimum Gasteiger partial charge on any atom is -0.454 e. The monoisotopic (exact) mass is 242 g/mol. The maximum atomic E-state index is 5.34. The SMILES string of the molecule is Cc1ccncc1CNc1ccc2c(c1)OCO2. The van der Waals surface area contributed by atoms with E-state index in [0.29, 0.717) is 6.79 Å². The molecule has 1 aromatic carbocycles. The molecule has 0 amide bonds. The highest BCUT2D eigenvalue weighted by Gasteiger charge is 2.12. The Morgan fingerprint density at radius 2 is 2.11 bits per heavy atom. The first-order chi connectivity index (χ1) is 8.83. The molecule has 1 aliphatic rings. The van der Waals surface area contributed by atoms with Crippen LogP contribution in [0.5, 0.6) is 11.5 Å². The van der Waals surface area contributed by atoms with Gasteiger partial charge in [-0.1, -0.05) is 0 Å². The van der Waals surface area contributed by atoms with Crippen molar-refractivity contribution in [2.75, 3.05) is 12.1 Å². The molecule has 0 atom stereocenters. The zero-order valence-electron chi connectivity index (χ0n) is 10.1. The predicted octanol–water partition coefficient (Wildman–Crippen LogP) is 2.73. The largest absolute Gasteiger partial charge is 0.454 e. The molecule has 2 heterocycles. The van der Waals surface area contributed by atoms with E-state index in [1.54, 1.807) is 6.20 Å². The van der Waals surface area contributed by atoms with Crippen LogP contribution in [0, 0.1) is 6.92 Å². The molecule has 18 heavy (non-hydrogen) atoms. The number of aromatic nitrogens is 1. The van der Waals surface area contributed by atoms with Crippen LogP contribution in [-0.4, -0.2) is 11.8 Å². The van der Waals surface area contributed by atoms with Crippen LogP contribution in [-0.2, 0) is 6.54 Å². The minimum atomic E-state index is 0.306. The maximum absolute atomic E-state index is 5.34. The maximum Gasteiger partial charge on any atom is 0.231 e. The zero-order chi connectivity index (χ0) is 12.4. The fourth-order valence-electron chi connectivity index (χ4n) is 1.89. The lowest BCUT2D eigenvalue weighted by Crippen LogP contribution is -2.01. The van der Waals surface area contributed by atoms with Gasteiger partial charge >= 0.3 is 0 Å². The second kappa shape index (κ2) is 4.56. The van der Waals surface area contributed by atoms with Gasteiger partial charge in [-0.3, -0.25) is 4.98 Å². The Balaban J connectivity index is 1.72. The predicted molar refractivity (Wildman–Crippen MR) is 68.9 cm³/mol. The Hall–Kier alpha value is -2.23. The number of fused-ring (bicyclic) bond motifs is 1. The number of hydrogen-bond acceptors (Lipinski definition) is 4. The fraction of sp³-hybridized carbons (Fsp3) is 0.214. The summed E-state index contributed by atoms with van der Waals surface area (Å²) < 4.78 is 10.6. The van der Waals surface area contributed by atoms with Gasteiger partial charge in [0, 0.05) is 30.7 Å². The Morgan fingerprint density at radius 3 is 3.00 bits per heavy atom. The van der Waals surface area contributed by atoms with E-state index in [0.717, 1.165) is 23.7 Å². The third-order valence-corrected chi connectivity index (χ3v) is 3.00. The second-order valence-corrected chi connectivity index (χ2v) is 4.22. The number of hydrogen-bond donors (Lipinski definition) is 1. The highest BCUT2D eigenvalue weighted by Crippen LogP contribution is 2.34. The molecule has 0 unspecified atom stereocenters. The molecular weight excluding hydrogens is 228 g/mol. The fourth-order valence-corrected chi connectivity index (χ4v) is 1.89. The van der Waals surface area contributed by atoms with Crippen LogP contribution in [0.4, 0.5) is 5.69 Å². The molecule has 1 aromatic heterocycles. The molecule has 1 N–H and O–H groups in total. The van der Waals surface area contributed by atoms with Gasteiger partial charge in [-0.15, -0.1) is 0 Å². The van der Waals surface area contributed by atoms with Gasteiger partial charge in [0.1, 0.15) is 0 Å². The first-order valence-corrected chi connectivity index (χ1v) is 5.86. The second-order valence-electron chi connectivity index (χ2n) is 4.22. The molecule has 0 saturated carbocycles. The van der Waals surface area contributed by atoms with Gasteiger partial charge in [-0.2, -0.15) is 0 Å². The van der Waals surface area contributed by atoms with Crippen LogP contribution in [0.2, 0.25) is 0 Å². The minimum absolute atomic E-state index is 0.306. The van der Waals surface area contributed by atoms with Gasteiger partial charge < -0.3 is 14.8 Å². The average molecular weight is 242 g/mol. The third kappa shape index (κ3) is 2.09. The van der Waals surface area contributed by atoms with Gasteiger partial charge in [0.2, 0.25) is 6.79 Å². The molecule has 0 saturated heterocycles. The summed E-state index contributed by atoms with van der Waals surface area (Å²) in [5, 5.41) is 3.36. The first kappa shape index (κ1) is 10.9. The van der Waals surface area contributed by atoms with E-state index in [4.69, 9.17) is 9.47 Å². The molecule has 3 rings (SSSR count). The number of nitrogens with one attached hydrogen (secondary N) is 1. The van der Waals surface area contributed by atoms with Crippen LogP contribution >= 0.6 is 0 Å². The van der Waals surface area contributed by atoms with Crippen molar-refractivity contribution in [1.82, 2.24) is 4.98 Å². The van der Waals surface area contributed by atoms with Crippen LogP contribution < -0.4 is 14.8 Å². The summed E-state index contributed by atoms with van der Waals surface area (Å²) in [5.74, 6) is 1.60. The molecule has 4 nitrogen and oxygen atoms in total. The lowest BCUT2D eigenvalue weighted by Gasteiger charge is -2.09. The van der Waals surface area contributed by atoms with E-state index >= 15 is 0 Å². The van der Waals surface area contributed by atoms with Crippen molar-refractivity contribution in [1.29, 1.82) is 0 Å². The van der Waals surface area contributed by atoms with Crippen LogP contribution in [0.25, 0.3) is 0 Å². The molecule has 92 valence electrons. The number of benzene rings is 1. The Bertz CT molecular complexity index is 569. The van der Waals surface area contributed by atoms with Gasteiger partial charge in [-0.25, -0.2) is 0 Å². The number of rotatable bonds is 3. The summed E-state index contributed by atoms with van der Waals surface area (Å²) in [6.07, 6.45) is 3.69. The molecule has 0 bridgehead atoms. The van der Waals surface area contributed by atoms with Gasteiger partial charge in [0.05, 0.1) is 0 Å². The summed E-state index contributed by atoms with van der Waals surface area (Å²) >= 11 is 0. The normalized spacial score (nSPS) is 12.5. The Kier molecular flexibility index (Phi) is 2.76. The van der Waals surface area contributed by atoms with Crippen molar-refractivity contribution in [3.8, 4) is 11.5 Å². The standard InChI is InChI=1S/C14H14N2O2/c1-10-4-5-15-7-11(10)8-16-12-2-3-13-14(6-12)18-9-17-13/h2-7,16H,8-9H2,1H3. The highest BCUT2D eigenvalue weighted by atomic mass is 16.7. The average Bonchev–Trinajstić information content (AvgIpc) is 2.85. The molecular formula is C14H14N2O2. The molecule has 0 spiro atoms. The van der Waals surface area contributed by atoms with E-state index < -0.39 is 0 Å². The number of anilines is 1. The van der Waals surface area contributed by atoms with Crippen molar-refractivity contribution in [3.63, 3.8) is 0 Å². The van der Waals surface area contributed by atoms with Crippen LogP contribution in [0.1, 0.15) is 11.1 Å². The van der Waals surface area contributed by atoms with Crippen molar-refractivity contribution in [3.05, 3.63) is 47.8 Å². The van der Waals surface area contributed by atoms with E-state index in [9.17, 15) is 0 Å². The van der Waals surface area contributed by atoms with E-state index in [2.05, 4.69) is 17.2 Å². The molecule has 0 radical (unpaired) electrons. The summed E-state index contributed by atoms with van der Waals surface area (Å²) in [6.45, 7) is 3.14. The topological polar surface area (TPSA) is 43.4 Å². The molecule has 0 aliphatic carbocycles. The lowest BCUT2D eigenvalue weighted by atomic mass is 10.1. The van der Waals surface area contributed by atoms with E-state index in [1.807, 2.05) is 30.5 Å². The molecule has 0 fully saturated rings. The highest BCUT2D eigenvalue weighted by molar-refractivity contribution is 5.55. The van der Waals surface area contributed by atoms with Crippen LogP contribution in [0.15, 0.2) is 36.7 Å². The molecule has 4 heteroatoms. The zero-order valence-corrected chi connectivity index (χ0v) is 10.1. The lowest BCUT2D eigenvalue weighted by molar-refractivity contribution is 0.174. The number of nitrogens with zero attached hydrogens (tertiary/aromatic N) is 1. The number of aryl methyl sites for hydroxylation is 1. The quantitative estimate of drug-likeness (QED) is 0.898. The van der Waals surface area contributed by atoms with Crippen molar-refractivity contribution in [2.24, 2.45) is 0 Å². The smallest absolute Gasteiger partial charge is 0.231 e. The Labute approximate surface area is 106 Å². The number of pyridine rings is 1. The van der Waals surface area contributed by atoms with Crippen LogP contribution in [0.3, 0.4) is 0 Å². The molecule has 1 aliphatic heterocycles. The van der Waals surface area contributed by atoms with E-state index in [-0.39, 0.29) is 0 Å². The summed E-state index contributed by atoms with van der Waals surface area (Å²) in [7, 11) is 0.